The van der Waals surface area contributed by atoms with Crippen LogP contribution in [0.25, 0.3) is 0 Å². The van der Waals surface area contributed by atoms with Crippen LogP contribution in [0.2, 0.25) is 0 Å². The van der Waals surface area contributed by atoms with E-state index in [0.29, 0.717) is 6.04 Å². The summed E-state index contributed by atoms with van der Waals surface area (Å²) < 4.78 is 1.13. The number of hydrogen-bond acceptors (Lipinski definition) is 3. The Morgan fingerprint density at radius 1 is 1.17 bits per heavy atom. The van der Waals surface area contributed by atoms with Crippen LogP contribution in [0, 0.1) is 0 Å². The van der Waals surface area contributed by atoms with Crippen LogP contribution >= 0.6 is 15.9 Å². The highest BCUT2D eigenvalue weighted by Gasteiger charge is 2.21. The van der Waals surface area contributed by atoms with Gasteiger partial charge in [0, 0.05) is 43.2 Å². The number of hydrogen-bond donors (Lipinski definition) is 1. The second kappa shape index (κ2) is 6.66. The van der Waals surface area contributed by atoms with Gasteiger partial charge in [0.25, 0.3) is 0 Å². The first-order valence-electron chi connectivity index (χ1n) is 6.53. The number of β-amino-alcohol motifs (C(OH)–C–C–N with tert-alkyl or cyclic N) is 1. The molecule has 0 bridgehead atoms. The number of rotatable bonds is 4. The SMILES string of the molecule is CC(c1ccc(Br)cc1)N1CCN(CCO)CC1. The van der Waals surface area contributed by atoms with E-state index in [1.807, 2.05) is 0 Å². The first kappa shape index (κ1) is 14.0. The minimum atomic E-state index is 0.266. The van der Waals surface area contributed by atoms with Crippen molar-refractivity contribution in [1.29, 1.82) is 0 Å². The molecule has 3 nitrogen and oxygen atoms in total. The smallest absolute Gasteiger partial charge is 0.0558 e. The van der Waals surface area contributed by atoms with Gasteiger partial charge in [0.05, 0.1) is 6.61 Å². The number of aliphatic hydroxyl groups excluding tert-OH is 1. The number of piperazine rings is 1. The average molecular weight is 313 g/mol. The molecule has 0 aliphatic carbocycles. The number of benzene rings is 1. The number of halogens is 1. The Balaban J connectivity index is 1.91. The second-order valence-electron chi connectivity index (χ2n) is 4.83. The minimum absolute atomic E-state index is 0.266. The lowest BCUT2D eigenvalue weighted by Crippen LogP contribution is -2.47. The minimum Gasteiger partial charge on any atom is -0.395 e. The van der Waals surface area contributed by atoms with Gasteiger partial charge in [-0.25, -0.2) is 0 Å². The number of nitrogens with zero attached hydrogens (tertiary/aromatic N) is 2. The maximum Gasteiger partial charge on any atom is 0.0558 e. The molecular formula is C14H21BrN2O. The Morgan fingerprint density at radius 3 is 2.33 bits per heavy atom. The Morgan fingerprint density at radius 2 is 1.78 bits per heavy atom. The van der Waals surface area contributed by atoms with Gasteiger partial charge >= 0.3 is 0 Å². The highest BCUT2D eigenvalue weighted by atomic mass is 79.9. The molecule has 1 heterocycles. The van der Waals surface area contributed by atoms with Gasteiger partial charge in [-0.15, -0.1) is 0 Å². The Kier molecular flexibility index (Phi) is 5.18. The van der Waals surface area contributed by atoms with E-state index in [2.05, 4.69) is 56.9 Å². The van der Waals surface area contributed by atoms with Gasteiger partial charge in [0.1, 0.15) is 0 Å². The monoisotopic (exact) mass is 312 g/mol. The van der Waals surface area contributed by atoms with Crippen molar-refractivity contribution in [3.05, 3.63) is 34.3 Å². The van der Waals surface area contributed by atoms with Crippen molar-refractivity contribution in [3.8, 4) is 0 Å². The fraction of sp³-hybridized carbons (Fsp3) is 0.571. The summed E-state index contributed by atoms with van der Waals surface area (Å²) in [5, 5.41) is 8.94. The predicted octanol–water partition coefficient (Wildman–Crippen LogP) is 2.12. The third-order valence-electron chi connectivity index (χ3n) is 3.72. The Hall–Kier alpha value is -0.420. The highest BCUT2D eigenvalue weighted by Crippen LogP contribution is 2.23. The molecule has 1 aliphatic heterocycles. The largest absolute Gasteiger partial charge is 0.395 e. The zero-order chi connectivity index (χ0) is 13.0. The van der Waals surface area contributed by atoms with Crippen LogP contribution in [0.1, 0.15) is 18.5 Å². The molecule has 100 valence electrons. The maximum atomic E-state index is 8.94. The van der Waals surface area contributed by atoms with Crippen LogP contribution < -0.4 is 0 Å². The van der Waals surface area contributed by atoms with Gasteiger partial charge in [0.15, 0.2) is 0 Å². The van der Waals surface area contributed by atoms with Gasteiger partial charge in [-0.1, -0.05) is 28.1 Å². The summed E-state index contributed by atoms with van der Waals surface area (Å²) in [5.41, 5.74) is 1.37. The molecule has 1 saturated heterocycles. The summed E-state index contributed by atoms with van der Waals surface area (Å²) >= 11 is 3.47. The van der Waals surface area contributed by atoms with Gasteiger partial charge in [0.2, 0.25) is 0 Å². The molecule has 2 rings (SSSR count). The van der Waals surface area contributed by atoms with E-state index >= 15 is 0 Å². The van der Waals surface area contributed by atoms with Crippen LogP contribution in [0.4, 0.5) is 0 Å². The molecule has 1 aromatic carbocycles. The average Bonchev–Trinajstić information content (AvgIpc) is 2.40. The van der Waals surface area contributed by atoms with Crippen LogP contribution in [0.5, 0.6) is 0 Å². The van der Waals surface area contributed by atoms with E-state index in [9.17, 15) is 0 Å². The van der Waals surface area contributed by atoms with Crippen LogP contribution in [0.15, 0.2) is 28.7 Å². The Bertz CT molecular complexity index is 361. The van der Waals surface area contributed by atoms with E-state index in [1.165, 1.54) is 5.56 Å². The normalized spacial score (nSPS) is 19.9. The molecule has 1 fully saturated rings. The fourth-order valence-corrected chi connectivity index (χ4v) is 2.73. The molecule has 0 saturated carbocycles. The standard InChI is InChI=1S/C14H21BrN2O/c1-12(13-2-4-14(15)5-3-13)17-8-6-16(7-9-17)10-11-18/h2-5,12,18H,6-11H2,1H3. The van der Waals surface area contributed by atoms with Crippen molar-refractivity contribution in [2.24, 2.45) is 0 Å². The van der Waals surface area contributed by atoms with Crippen molar-refractivity contribution in [1.82, 2.24) is 9.80 Å². The third-order valence-corrected chi connectivity index (χ3v) is 4.25. The summed E-state index contributed by atoms with van der Waals surface area (Å²) in [6.07, 6.45) is 0. The van der Waals surface area contributed by atoms with Crippen molar-refractivity contribution >= 4 is 15.9 Å². The fourth-order valence-electron chi connectivity index (χ4n) is 2.47. The summed E-state index contributed by atoms with van der Waals surface area (Å²) in [7, 11) is 0. The van der Waals surface area contributed by atoms with Crippen LogP contribution in [-0.4, -0.2) is 54.2 Å². The van der Waals surface area contributed by atoms with E-state index in [-0.39, 0.29) is 6.61 Å². The molecule has 0 spiro atoms. The van der Waals surface area contributed by atoms with Crippen molar-refractivity contribution < 1.29 is 5.11 Å². The molecule has 4 heteroatoms. The van der Waals surface area contributed by atoms with Gasteiger partial charge < -0.3 is 5.11 Å². The summed E-state index contributed by atoms with van der Waals surface area (Å²) in [6, 6.07) is 9.06. The van der Waals surface area contributed by atoms with Gasteiger partial charge in [-0.2, -0.15) is 0 Å². The molecule has 0 aromatic heterocycles. The summed E-state index contributed by atoms with van der Waals surface area (Å²) in [4.78, 5) is 4.84. The Labute approximate surface area is 118 Å². The summed E-state index contributed by atoms with van der Waals surface area (Å²) in [5.74, 6) is 0. The maximum absolute atomic E-state index is 8.94. The zero-order valence-electron chi connectivity index (χ0n) is 10.8. The lowest BCUT2D eigenvalue weighted by Gasteiger charge is -2.38. The molecule has 1 N–H and O–H groups in total. The lowest BCUT2D eigenvalue weighted by atomic mass is 10.1. The topological polar surface area (TPSA) is 26.7 Å². The zero-order valence-corrected chi connectivity index (χ0v) is 12.4. The van der Waals surface area contributed by atoms with Gasteiger partial charge in [-0.3, -0.25) is 9.80 Å². The van der Waals surface area contributed by atoms with Gasteiger partial charge in [-0.05, 0) is 24.6 Å². The predicted molar refractivity (Wildman–Crippen MR) is 77.7 cm³/mol. The molecule has 0 amide bonds. The van der Waals surface area contributed by atoms with Crippen molar-refractivity contribution in [3.63, 3.8) is 0 Å². The molecular weight excluding hydrogens is 292 g/mol. The molecule has 1 atom stereocenters. The van der Waals surface area contributed by atoms with Crippen LogP contribution in [-0.2, 0) is 0 Å². The molecule has 1 aromatic rings. The third kappa shape index (κ3) is 3.54. The quantitative estimate of drug-likeness (QED) is 0.922. The van der Waals surface area contributed by atoms with E-state index in [0.717, 1.165) is 37.2 Å². The summed E-state index contributed by atoms with van der Waals surface area (Å²) in [6.45, 7) is 7.62. The number of aliphatic hydroxyl groups is 1. The first-order chi connectivity index (χ1) is 8.70. The second-order valence-corrected chi connectivity index (χ2v) is 5.74. The highest BCUT2D eigenvalue weighted by molar-refractivity contribution is 9.10. The lowest BCUT2D eigenvalue weighted by molar-refractivity contribution is 0.0888. The molecule has 1 aliphatic rings. The van der Waals surface area contributed by atoms with E-state index < -0.39 is 0 Å². The van der Waals surface area contributed by atoms with E-state index in [4.69, 9.17) is 5.11 Å². The van der Waals surface area contributed by atoms with Crippen molar-refractivity contribution in [2.75, 3.05) is 39.3 Å². The molecule has 0 radical (unpaired) electrons. The first-order valence-corrected chi connectivity index (χ1v) is 7.32. The molecule has 18 heavy (non-hydrogen) atoms. The van der Waals surface area contributed by atoms with Crippen LogP contribution in [0.3, 0.4) is 0 Å². The van der Waals surface area contributed by atoms with E-state index in [1.54, 1.807) is 0 Å². The molecule has 1 unspecified atom stereocenters. The van der Waals surface area contributed by atoms with Crippen molar-refractivity contribution in [2.45, 2.75) is 13.0 Å².